The van der Waals surface area contributed by atoms with E-state index in [-0.39, 0.29) is 6.04 Å². The molecule has 1 amide bonds. The zero-order valence-corrected chi connectivity index (χ0v) is 9.40. The van der Waals surface area contributed by atoms with Crippen molar-refractivity contribution < 1.29 is 9.90 Å². The van der Waals surface area contributed by atoms with E-state index in [2.05, 4.69) is 5.32 Å². The van der Waals surface area contributed by atoms with Crippen LogP contribution in [0.2, 0.25) is 0 Å². The summed E-state index contributed by atoms with van der Waals surface area (Å²) in [6, 6.07) is 8.34. The van der Waals surface area contributed by atoms with Gasteiger partial charge in [0.15, 0.2) is 0 Å². The number of hydrogen-bond donors (Lipinski definition) is 3. The minimum atomic E-state index is -1.09. The molecule has 3 N–H and O–H groups in total. The van der Waals surface area contributed by atoms with E-state index in [4.69, 9.17) is 15.8 Å². The molecule has 88 valence electrons. The maximum Gasteiger partial charge on any atom is 0.404 e. The standard InChI is InChI=1S/C12H13N3O2/c1-8(15-12(16)17)6-11(14)10-4-2-9(7-13)3-5-10/h2-5,8,14-15H,6H2,1H3,(H,16,17)/t8-/m1/s1. The summed E-state index contributed by atoms with van der Waals surface area (Å²) in [5.74, 6) is 0. The third kappa shape index (κ3) is 3.95. The summed E-state index contributed by atoms with van der Waals surface area (Å²) in [5, 5.41) is 27.3. The average molecular weight is 231 g/mol. The molecule has 0 fully saturated rings. The Labute approximate surface area is 99.2 Å². The molecule has 1 rings (SSSR count). The van der Waals surface area contributed by atoms with Crippen LogP contribution in [0.15, 0.2) is 24.3 Å². The number of benzene rings is 1. The lowest BCUT2D eigenvalue weighted by molar-refractivity contribution is 0.191. The Hall–Kier alpha value is -2.35. The number of carbonyl (C=O) groups is 1. The third-order valence-corrected chi connectivity index (χ3v) is 2.24. The van der Waals surface area contributed by atoms with Crippen LogP contribution in [0, 0.1) is 16.7 Å². The molecule has 0 heterocycles. The summed E-state index contributed by atoms with van der Waals surface area (Å²) < 4.78 is 0. The minimum Gasteiger partial charge on any atom is -0.465 e. The molecule has 0 radical (unpaired) electrons. The van der Waals surface area contributed by atoms with E-state index in [1.807, 2.05) is 6.07 Å². The fraction of sp³-hybridized carbons (Fsp3) is 0.250. The highest BCUT2D eigenvalue weighted by Crippen LogP contribution is 2.07. The molecule has 5 nitrogen and oxygen atoms in total. The van der Waals surface area contributed by atoms with Gasteiger partial charge in [0.1, 0.15) is 0 Å². The molecule has 0 aliphatic heterocycles. The van der Waals surface area contributed by atoms with Crippen molar-refractivity contribution in [2.24, 2.45) is 0 Å². The van der Waals surface area contributed by atoms with E-state index in [0.717, 1.165) is 0 Å². The molecule has 0 unspecified atom stereocenters. The number of carboxylic acid groups (broad SMARTS) is 1. The van der Waals surface area contributed by atoms with E-state index in [0.29, 0.717) is 23.3 Å². The van der Waals surface area contributed by atoms with Crippen LogP contribution in [0.3, 0.4) is 0 Å². The van der Waals surface area contributed by atoms with Crippen molar-refractivity contribution in [3.05, 3.63) is 35.4 Å². The Kier molecular flexibility index (Phi) is 4.23. The SMILES string of the molecule is C[C@H](CC(=N)c1ccc(C#N)cc1)NC(=O)O. The van der Waals surface area contributed by atoms with Crippen LogP contribution in [-0.2, 0) is 0 Å². The molecule has 1 aromatic carbocycles. The van der Waals surface area contributed by atoms with E-state index in [1.165, 1.54) is 0 Å². The summed E-state index contributed by atoms with van der Waals surface area (Å²) in [4.78, 5) is 10.4. The molecule has 0 spiro atoms. The van der Waals surface area contributed by atoms with Crippen LogP contribution in [0.5, 0.6) is 0 Å². The fourth-order valence-electron chi connectivity index (χ4n) is 1.43. The molecule has 0 aromatic heterocycles. The van der Waals surface area contributed by atoms with Crippen LogP contribution in [0.4, 0.5) is 4.79 Å². The normalized spacial score (nSPS) is 11.3. The first-order valence-electron chi connectivity index (χ1n) is 5.10. The molecule has 0 aliphatic carbocycles. The first-order chi connectivity index (χ1) is 8.02. The molecule has 1 atom stereocenters. The van der Waals surface area contributed by atoms with Crippen LogP contribution < -0.4 is 5.32 Å². The Morgan fingerprint density at radius 1 is 1.53 bits per heavy atom. The Bertz CT molecular complexity index is 460. The number of nitrogens with one attached hydrogen (secondary N) is 2. The van der Waals surface area contributed by atoms with E-state index in [9.17, 15) is 4.79 Å². The van der Waals surface area contributed by atoms with Gasteiger partial charge in [0.2, 0.25) is 0 Å². The number of hydrogen-bond acceptors (Lipinski definition) is 3. The maximum absolute atomic E-state index is 10.4. The zero-order valence-electron chi connectivity index (χ0n) is 9.40. The molecule has 0 saturated heterocycles. The Balaban J connectivity index is 2.64. The first kappa shape index (κ1) is 12.7. The van der Waals surface area contributed by atoms with Gasteiger partial charge in [-0.1, -0.05) is 12.1 Å². The smallest absolute Gasteiger partial charge is 0.404 e. The van der Waals surface area contributed by atoms with Crippen molar-refractivity contribution in [1.82, 2.24) is 5.32 Å². The zero-order chi connectivity index (χ0) is 12.8. The number of nitrogens with zero attached hydrogens (tertiary/aromatic N) is 1. The highest BCUT2D eigenvalue weighted by molar-refractivity contribution is 5.98. The van der Waals surface area contributed by atoms with Gasteiger partial charge in [-0.25, -0.2) is 4.79 Å². The summed E-state index contributed by atoms with van der Waals surface area (Å²) in [6.07, 6.45) is -0.775. The van der Waals surface area contributed by atoms with Crippen LogP contribution in [-0.4, -0.2) is 23.0 Å². The van der Waals surface area contributed by atoms with Crippen LogP contribution in [0.1, 0.15) is 24.5 Å². The van der Waals surface area contributed by atoms with Gasteiger partial charge in [0.05, 0.1) is 11.6 Å². The van der Waals surface area contributed by atoms with Gasteiger partial charge in [0.25, 0.3) is 0 Å². The summed E-state index contributed by atoms with van der Waals surface area (Å²) >= 11 is 0. The highest BCUT2D eigenvalue weighted by Gasteiger charge is 2.09. The van der Waals surface area contributed by atoms with Gasteiger partial charge in [-0.3, -0.25) is 0 Å². The van der Waals surface area contributed by atoms with Crippen molar-refractivity contribution >= 4 is 11.8 Å². The van der Waals surface area contributed by atoms with Crippen molar-refractivity contribution in [3.63, 3.8) is 0 Å². The quantitative estimate of drug-likeness (QED) is 0.691. The molecule has 17 heavy (non-hydrogen) atoms. The lowest BCUT2D eigenvalue weighted by Crippen LogP contribution is -2.32. The van der Waals surface area contributed by atoms with Crippen molar-refractivity contribution in [3.8, 4) is 6.07 Å². The molecule has 0 bridgehead atoms. The summed E-state index contributed by atoms with van der Waals surface area (Å²) in [5.41, 5.74) is 1.58. The molecule has 5 heteroatoms. The second-order valence-corrected chi connectivity index (χ2v) is 3.72. The predicted molar refractivity (Wildman–Crippen MR) is 63.2 cm³/mol. The van der Waals surface area contributed by atoms with Gasteiger partial charge in [-0.05, 0) is 24.6 Å². The van der Waals surface area contributed by atoms with E-state index < -0.39 is 6.09 Å². The molecular formula is C12H13N3O2. The Morgan fingerprint density at radius 3 is 2.59 bits per heavy atom. The van der Waals surface area contributed by atoms with Gasteiger partial charge in [-0.2, -0.15) is 5.26 Å². The highest BCUT2D eigenvalue weighted by atomic mass is 16.4. The molecular weight excluding hydrogens is 218 g/mol. The number of amides is 1. The number of rotatable bonds is 4. The number of nitriles is 1. The second kappa shape index (κ2) is 5.66. The summed E-state index contributed by atoms with van der Waals surface area (Å²) in [6.45, 7) is 1.70. The first-order valence-corrected chi connectivity index (χ1v) is 5.10. The van der Waals surface area contributed by atoms with Gasteiger partial charge in [0, 0.05) is 18.2 Å². The summed E-state index contributed by atoms with van der Waals surface area (Å²) in [7, 11) is 0. The van der Waals surface area contributed by atoms with Gasteiger partial charge >= 0.3 is 6.09 Å². The third-order valence-electron chi connectivity index (χ3n) is 2.24. The van der Waals surface area contributed by atoms with Crippen molar-refractivity contribution in [2.75, 3.05) is 0 Å². The lowest BCUT2D eigenvalue weighted by atomic mass is 10.0. The van der Waals surface area contributed by atoms with Gasteiger partial charge < -0.3 is 15.8 Å². The predicted octanol–water partition coefficient (Wildman–Crippen LogP) is 1.97. The van der Waals surface area contributed by atoms with E-state index >= 15 is 0 Å². The van der Waals surface area contributed by atoms with E-state index in [1.54, 1.807) is 31.2 Å². The minimum absolute atomic E-state index is 0.310. The van der Waals surface area contributed by atoms with Crippen LogP contribution in [0.25, 0.3) is 0 Å². The van der Waals surface area contributed by atoms with Crippen LogP contribution >= 0.6 is 0 Å². The Morgan fingerprint density at radius 2 is 2.12 bits per heavy atom. The topological polar surface area (TPSA) is 97.0 Å². The lowest BCUT2D eigenvalue weighted by Gasteiger charge is -2.12. The molecule has 1 aromatic rings. The second-order valence-electron chi connectivity index (χ2n) is 3.72. The van der Waals surface area contributed by atoms with Crippen molar-refractivity contribution in [2.45, 2.75) is 19.4 Å². The largest absolute Gasteiger partial charge is 0.465 e. The fourth-order valence-corrected chi connectivity index (χ4v) is 1.43. The molecule has 0 aliphatic rings. The molecule has 0 saturated carbocycles. The monoisotopic (exact) mass is 231 g/mol. The average Bonchev–Trinajstić information content (AvgIpc) is 2.28. The maximum atomic E-state index is 10.4. The van der Waals surface area contributed by atoms with Gasteiger partial charge in [-0.15, -0.1) is 0 Å². The van der Waals surface area contributed by atoms with Crippen molar-refractivity contribution in [1.29, 1.82) is 10.7 Å².